The number of carbonyl (C=O) groups excluding carboxylic acids is 1. The molecule has 0 radical (unpaired) electrons. The molecule has 2 fully saturated rings. The summed E-state index contributed by atoms with van der Waals surface area (Å²) in [4.78, 5) is 13.5. The molecule has 2 amide bonds. The number of amidine groups is 1. The van der Waals surface area contributed by atoms with Crippen molar-refractivity contribution in [2.75, 3.05) is 6.54 Å². The van der Waals surface area contributed by atoms with Crippen LogP contribution < -0.4 is 5.32 Å². The van der Waals surface area contributed by atoms with Gasteiger partial charge in [0.2, 0.25) is 0 Å². The third kappa shape index (κ3) is 1.88. The lowest BCUT2D eigenvalue weighted by molar-refractivity contribution is 0.126. The van der Waals surface area contributed by atoms with Crippen LogP contribution in [0.5, 0.6) is 0 Å². The lowest BCUT2D eigenvalue weighted by Gasteiger charge is -2.42. The number of hydrogen-bond donors (Lipinski definition) is 2. The standard InChI is InChI=1S/C14H21N3O/c1-4-9-17-13(18)16-12(15)14(17)7-5-11(6-8-14)10(2)3/h1,10-11H,5-9H2,2-3H3,(H2,15,16,18). The van der Waals surface area contributed by atoms with Crippen molar-refractivity contribution in [2.45, 2.75) is 45.1 Å². The van der Waals surface area contributed by atoms with Gasteiger partial charge in [-0.3, -0.25) is 10.7 Å². The van der Waals surface area contributed by atoms with E-state index in [9.17, 15) is 4.79 Å². The summed E-state index contributed by atoms with van der Waals surface area (Å²) in [5, 5.41) is 10.7. The molecule has 2 rings (SSSR count). The third-order valence-electron chi connectivity index (χ3n) is 4.51. The summed E-state index contributed by atoms with van der Waals surface area (Å²) >= 11 is 0. The van der Waals surface area contributed by atoms with Crippen LogP contribution in [0.15, 0.2) is 0 Å². The normalized spacial score (nSPS) is 31.9. The third-order valence-corrected chi connectivity index (χ3v) is 4.51. The van der Waals surface area contributed by atoms with Gasteiger partial charge in [-0.05, 0) is 37.5 Å². The number of carbonyl (C=O) groups is 1. The average molecular weight is 247 g/mol. The Morgan fingerprint density at radius 1 is 1.56 bits per heavy atom. The molecule has 0 unspecified atom stereocenters. The van der Waals surface area contributed by atoms with Gasteiger partial charge < -0.3 is 4.90 Å². The van der Waals surface area contributed by atoms with Crippen molar-refractivity contribution in [3.63, 3.8) is 0 Å². The van der Waals surface area contributed by atoms with Crippen LogP contribution in [-0.2, 0) is 0 Å². The topological polar surface area (TPSA) is 56.2 Å². The van der Waals surface area contributed by atoms with Crippen LogP contribution in [0, 0.1) is 29.6 Å². The van der Waals surface area contributed by atoms with Crippen molar-refractivity contribution in [3.8, 4) is 12.3 Å². The second kappa shape index (κ2) is 4.64. The zero-order chi connectivity index (χ0) is 13.3. The summed E-state index contributed by atoms with van der Waals surface area (Å²) in [6.45, 7) is 4.77. The molecule has 1 saturated heterocycles. The average Bonchev–Trinajstić information content (AvgIpc) is 2.55. The molecule has 0 aromatic rings. The largest absolute Gasteiger partial charge is 0.324 e. The van der Waals surface area contributed by atoms with Crippen molar-refractivity contribution < 1.29 is 4.79 Å². The molecule has 2 N–H and O–H groups in total. The first kappa shape index (κ1) is 12.9. The van der Waals surface area contributed by atoms with E-state index in [1.54, 1.807) is 4.90 Å². The molecule has 1 aliphatic carbocycles. The van der Waals surface area contributed by atoms with Gasteiger partial charge in [0.1, 0.15) is 11.4 Å². The van der Waals surface area contributed by atoms with Crippen LogP contribution in [0.25, 0.3) is 0 Å². The van der Waals surface area contributed by atoms with Crippen LogP contribution in [0.4, 0.5) is 4.79 Å². The summed E-state index contributed by atoms with van der Waals surface area (Å²) in [7, 11) is 0. The second-order valence-corrected chi connectivity index (χ2v) is 5.71. The van der Waals surface area contributed by atoms with Gasteiger partial charge >= 0.3 is 6.03 Å². The highest BCUT2D eigenvalue weighted by Gasteiger charge is 2.51. The Morgan fingerprint density at radius 2 is 2.17 bits per heavy atom. The summed E-state index contributed by atoms with van der Waals surface area (Å²) in [5.41, 5.74) is -0.450. The van der Waals surface area contributed by atoms with E-state index in [1.807, 2.05) is 0 Å². The van der Waals surface area contributed by atoms with Gasteiger partial charge in [-0.25, -0.2) is 4.79 Å². The number of amides is 2. The Balaban J connectivity index is 2.18. The van der Waals surface area contributed by atoms with Gasteiger partial charge in [-0.2, -0.15) is 0 Å². The van der Waals surface area contributed by atoms with Crippen molar-refractivity contribution >= 4 is 11.9 Å². The maximum Gasteiger partial charge on any atom is 0.324 e. The molecule has 1 spiro atoms. The number of nitrogens with one attached hydrogen (secondary N) is 2. The van der Waals surface area contributed by atoms with Crippen LogP contribution in [0.1, 0.15) is 39.5 Å². The Bertz CT molecular complexity index is 400. The minimum atomic E-state index is -0.450. The summed E-state index contributed by atoms with van der Waals surface area (Å²) in [6, 6.07) is -0.207. The fourth-order valence-electron chi connectivity index (χ4n) is 3.24. The van der Waals surface area contributed by atoms with Crippen LogP contribution >= 0.6 is 0 Å². The molecule has 4 nitrogen and oxygen atoms in total. The van der Waals surface area contributed by atoms with E-state index in [1.165, 1.54) is 0 Å². The molecule has 98 valence electrons. The molecule has 1 heterocycles. The van der Waals surface area contributed by atoms with Gasteiger partial charge in [-0.1, -0.05) is 19.8 Å². The molecule has 1 aliphatic heterocycles. The fourth-order valence-corrected chi connectivity index (χ4v) is 3.24. The van der Waals surface area contributed by atoms with Crippen LogP contribution in [-0.4, -0.2) is 28.9 Å². The minimum absolute atomic E-state index is 0.207. The van der Waals surface area contributed by atoms with Crippen molar-refractivity contribution in [1.29, 1.82) is 5.41 Å². The zero-order valence-electron chi connectivity index (χ0n) is 11.1. The molecule has 2 aliphatic rings. The summed E-state index contributed by atoms with van der Waals surface area (Å²) in [5.74, 6) is 4.24. The monoisotopic (exact) mass is 247 g/mol. The number of hydrogen-bond acceptors (Lipinski definition) is 2. The zero-order valence-corrected chi connectivity index (χ0v) is 11.1. The van der Waals surface area contributed by atoms with E-state index in [2.05, 4.69) is 25.1 Å². The van der Waals surface area contributed by atoms with Crippen molar-refractivity contribution in [2.24, 2.45) is 11.8 Å². The molecule has 0 aromatic carbocycles. The molecule has 18 heavy (non-hydrogen) atoms. The first-order valence-electron chi connectivity index (χ1n) is 6.62. The van der Waals surface area contributed by atoms with Gasteiger partial charge in [0.15, 0.2) is 0 Å². The van der Waals surface area contributed by atoms with Gasteiger partial charge in [-0.15, -0.1) is 6.42 Å². The van der Waals surface area contributed by atoms with Crippen LogP contribution in [0.3, 0.4) is 0 Å². The minimum Gasteiger partial charge on any atom is -0.301 e. The predicted octanol–water partition coefficient (Wildman–Crippen LogP) is 2.21. The van der Waals surface area contributed by atoms with Gasteiger partial charge in [0.05, 0.1) is 6.54 Å². The number of nitrogens with zero attached hydrogens (tertiary/aromatic N) is 1. The summed E-state index contributed by atoms with van der Waals surface area (Å²) < 4.78 is 0. The van der Waals surface area contributed by atoms with Crippen LogP contribution in [0.2, 0.25) is 0 Å². The van der Waals surface area contributed by atoms with Gasteiger partial charge in [0, 0.05) is 0 Å². The molecule has 1 saturated carbocycles. The fraction of sp³-hybridized carbons (Fsp3) is 0.714. The van der Waals surface area contributed by atoms with E-state index in [4.69, 9.17) is 11.8 Å². The quantitative estimate of drug-likeness (QED) is 0.722. The number of rotatable bonds is 2. The highest BCUT2D eigenvalue weighted by atomic mass is 16.2. The first-order valence-corrected chi connectivity index (χ1v) is 6.62. The van der Waals surface area contributed by atoms with E-state index in [0.717, 1.165) is 25.7 Å². The van der Waals surface area contributed by atoms with Crippen molar-refractivity contribution in [3.05, 3.63) is 0 Å². The molecule has 0 atom stereocenters. The number of terminal acetylenes is 1. The molecule has 0 bridgehead atoms. The Hall–Kier alpha value is -1.50. The Morgan fingerprint density at radius 3 is 2.67 bits per heavy atom. The lowest BCUT2D eigenvalue weighted by atomic mass is 9.72. The molecule has 4 heteroatoms. The molecular formula is C14H21N3O. The SMILES string of the molecule is C#CCN1C(=O)NC(=N)C12CCC(C(C)C)CC2. The Labute approximate surface area is 109 Å². The van der Waals surface area contributed by atoms with E-state index < -0.39 is 5.54 Å². The summed E-state index contributed by atoms with van der Waals surface area (Å²) in [6.07, 6.45) is 9.18. The second-order valence-electron chi connectivity index (χ2n) is 5.71. The van der Waals surface area contributed by atoms with Crippen molar-refractivity contribution in [1.82, 2.24) is 10.2 Å². The van der Waals surface area contributed by atoms with E-state index >= 15 is 0 Å². The lowest BCUT2D eigenvalue weighted by Crippen LogP contribution is -2.52. The maximum atomic E-state index is 11.8. The maximum absolute atomic E-state index is 11.8. The molecular weight excluding hydrogens is 226 g/mol. The van der Waals surface area contributed by atoms with Gasteiger partial charge in [0.25, 0.3) is 0 Å². The molecule has 0 aromatic heterocycles. The number of urea groups is 1. The highest BCUT2D eigenvalue weighted by Crippen LogP contribution is 2.41. The predicted molar refractivity (Wildman–Crippen MR) is 71.3 cm³/mol. The highest BCUT2D eigenvalue weighted by molar-refractivity contribution is 6.08. The first-order chi connectivity index (χ1) is 8.51. The smallest absolute Gasteiger partial charge is 0.301 e. The van der Waals surface area contributed by atoms with E-state index in [0.29, 0.717) is 24.2 Å². The van der Waals surface area contributed by atoms with E-state index in [-0.39, 0.29) is 6.03 Å². The Kier molecular flexibility index (Phi) is 3.34.